The van der Waals surface area contributed by atoms with Crippen LogP contribution in [0.2, 0.25) is 0 Å². The lowest BCUT2D eigenvalue weighted by atomic mass is 10.2. The van der Waals surface area contributed by atoms with Gasteiger partial charge in [0, 0.05) is 16.6 Å². The van der Waals surface area contributed by atoms with E-state index < -0.39 is 5.97 Å². The Morgan fingerprint density at radius 1 is 1.03 bits per heavy atom. The number of nitrogens with one attached hydrogen (secondary N) is 1. The molecule has 1 aliphatic heterocycles. The van der Waals surface area contributed by atoms with Crippen molar-refractivity contribution < 1.29 is 23.8 Å². The Balaban J connectivity index is 1.19. The molecule has 0 saturated heterocycles. The zero-order valence-corrected chi connectivity index (χ0v) is 18.9. The fourth-order valence-corrected chi connectivity index (χ4v) is 4.98. The number of hydrogen-bond acceptors (Lipinski definition) is 8. The molecule has 0 saturated carbocycles. The van der Waals surface area contributed by atoms with Crippen LogP contribution in [0.3, 0.4) is 0 Å². The molecule has 5 rings (SSSR count). The van der Waals surface area contributed by atoms with Crippen LogP contribution in [0.1, 0.15) is 15.4 Å². The van der Waals surface area contributed by atoms with Gasteiger partial charge in [-0.25, -0.2) is 9.78 Å². The molecule has 4 aromatic rings. The van der Waals surface area contributed by atoms with Crippen molar-refractivity contribution in [2.45, 2.75) is 11.5 Å². The molecule has 1 N–H and O–H groups in total. The molecular formula is C24H18N2O5S2. The van der Waals surface area contributed by atoms with E-state index >= 15 is 0 Å². The number of hydrogen-bond donors (Lipinski definition) is 1. The van der Waals surface area contributed by atoms with Crippen LogP contribution >= 0.6 is 23.1 Å². The van der Waals surface area contributed by atoms with E-state index in [0.717, 1.165) is 15.2 Å². The Labute approximate surface area is 197 Å². The van der Waals surface area contributed by atoms with Crippen molar-refractivity contribution in [3.63, 3.8) is 0 Å². The maximum atomic E-state index is 12.7. The molecular weight excluding hydrogens is 460 g/mol. The third-order valence-electron chi connectivity index (χ3n) is 4.79. The van der Waals surface area contributed by atoms with Gasteiger partial charge in [0.05, 0.1) is 21.5 Å². The van der Waals surface area contributed by atoms with Gasteiger partial charge in [0.15, 0.2) is 11.5 Å². The first-order chi connectivity index (χ1) is 16.2. The predicted molar refractivity (Wildman–Crippen MR) is 127 cm³/mol. The van der Waals surface area contributed by atoms with Crippen LogP contribution in [0.5, 0.6) is 11.5 Å². The summed E-state index contributed by atoms with van der Waals surface area (Å²) in [7, 11) is 0. The molecule has 33 heavy (non-hydrogen) atoms. The summed E-state index contributed by atoms with van der Waals surface area (Å²) in [6.45, 7) is 0.274. The van der Waals surface area contributed by atoms with Crippen molar-refractivity contribution >= 4 is 50.9 Å². The van der Waals surface area contributed by atoms with E-state index in [1.165, 1.54) is 23.1 Å². The van der Waals surface area contributed by atoms with Crippen molar-refractivity contribution in [1.29, 1.82) is 0 Å². The molecule has 0 atom stereocenters. The minimum Gasteiger partial charge on any atom is -0.455 e. The quantitative estimate of drug-likeness (QED) is 0.292. The molecule has 0 unspecified atom stereocenters. The molecule has 0 radical (unpaired) electrons. The monoisotopic (exact) mass is 478 g/mol. The molecule has 0 bridgehead atoms. The fraction of sp³-hybridized carbons (Fsp3) is 0.125. The maximum Gasteiger partial charge on any atom is 0.339 e. The summed E-state index contributed by atoms with van der Waals surface area (Å²) in [4.78, 5) is 30.3. The minimum absolute atomic E-state index is 0.0990. The molecule has 0 fully saturated rings. The lowest BCUT2D eigenvalue weighted by Gasteiger charge is -2.09. The molecule has 3 aromatic carbocycles. The standard InChI is InChI=1S/C24H18N2O5S2/c27-22(25-15-9-10-18-19(11-15)31-14-30-18)13-32-20-7-3-1-5-16(20)24(28)29-12-23-26-17-6-2-4-8-21(17)33-23/h1-11H,12-14H2,(H,25,27). The maximum absolute atomic E-state index is 12.7. The molecule has 9 heteroatoms. The molecule has 7 nitrogen and oxygen atoms in total. The van der Waals surface area contributed by atoms with Gasteiger partial charge in [-0.2, -0.15) is 0 Å². The molecule has 1 aromatic heterocycles. The third kappa shape index (κ3) is 4.94. The van der Waals surface area contributed by atoms with Gasteiger partial charge >= 0.3 is 5.97 Å². The minimum atomic E-state index is -0.450. The van der Waals surface area contributed by atoms with E-state index in [-0.39, 0.29) is 25.1 Å². The van der Waals surface area contributed by atoms with Crippen molar-refractivity contribution in [2.75, 3.05) is 17.9 Å². The summed E-state index contributed by atoms with van der Waals surface area (Å²) in [5, 5.41) is 3.57. The van der Waals surface area contributed by atoms with Gasteiger partial charge in [0.1, 0.15) is 11.6 Å². The van der Waals surface area contributed by atoms with Crippen LogP contribution in [0, 0.1) is 0 Å². The average molecular weight is 479 g/mol. The number of thiazole rings is 1. The zero-order valence-electron chi connectivity index (χ0n) is 17.3. The summed E-state index contributed by atoms with van der Waals surface area (Å²) in [5.74, 6) is 0.740. The number of ether oxygens (including phenoxy) is 3. The Morgan fingerprint density at radius 3 is 2.76 bits per heavy atom. The molecule has 1 amide bonds. The van der Waals surface area contributed by atoms with E-state index in [4.69, 9.17) is 14.2 Å². The van der Waals surface area contributed by atoms with Gasteiger partial charge in [-0.15, -0.1) is 23.1 Å². The van der Waals surface area contributed by atoms with Gasteiger partial charge in [-0.1, -0.05) is 24.3 Å². The zero-order chi connectivity index (χ0) is 22.6. The van der Waals surface area contributed by atoms with Crippen molar-refractivity contribution in [2.24, 2.45) is 0 Å². The lowest BCUT2D eigenvalue weighted by Crippen LogP contribution is -2.14. The highest BCUT2D eigenvalue weighted by Crippen LogP contribution is 2.34. The number of nitrogens with zero attached hydrogens (tertiary/aromatic N) is 1. The number of rotatable bonds is 7. The smallest absolute Gasteiger partial charge is 0.339 e. The lowest BCUT2D eigenvalue weighted by molar-refractivity contribution is -0.113. The Morgan fingerprint density at radius 2 is 1.85 bits per heavy atom. The van der Waals surface area contributed by atoms with Crippen LogP contribution in [-0.2, 0) is 16.1 Å². The second kappa shape index (κ2) is 9.51. The first-order valence-corrected chi connectivity index (χ1v) is 11.9. The summed E-state index contributed by atoms with van der Waals surface area (Å²) in [6.07, 6.45) is 0. The first-order valence-electron chi connectivity index (χ1n) is 10.1. The summed E-state index contributed by atoms with van der Waals surface area (Å²) < 4.78 is 17.2. The van der Waals surface area contributed by atoms with E-state index in [0.29, 0.717) is 27.6 Å². The molecule has 0 spiro atoms. The number of carbonyl (C=O) groups is 2. The number of thioether (sulfide) groups is 1. The van der Waals surface area contributed by atoms with Crippen LogP contribution in [-0.4, -0.2) is 29.4 Å². The Hall–Kier alpha value is -3.56. The van der Waals surface area contributed by atoms with Gasteiger partial charge in [0.2, 0.25) is 12.7 Å². The number of esters is 1. The van der Waals surface area contributed by atoms with E-state index in [9.17, 15) is 9.59 Å². The Kier molecular flexibility index (Phi) is 6.14. The van der Waals surface area contributed by atoms with E-state index in [2.05, 4.69) is 10.3 Å². The van der Waals surface area contributed by atoms with Gasteiger partial charge in [0.25, 0.3) is 0 Å². The molecule has 1 aliphatic rings. The van der Waals surface area contributed by atoms with Crippen LogP contribution < -0.4 is 14.8 Å². The van der Waals surface area contributed by atoms with Crippen molar-refractivity contribution in [3.8, 4) is 11.5 Å². The van der Waals surface area contributed by atoms with Crippen molar-refractivity contribution in [3.05, 3.63) is 77.3 Å². The average Bonchev–Trinajstić information content (AvgIpc) is 3.47. The van der Waals surface area contributed by atoms with Gasteiger partial charge in [-0.3, -0.25) is 4.79 Å². The molecule has 2 heterocycles. The number of fused-ring (bicyclic) bond motifs is 2. The first kappa shape index (κ1) is 21.3. The summed E-state index contributed by atoms with van der Waals surface area (Å²) in [6, 6.07) is 20.1. The van der Waals surface area contributed by atoms with E-state index in [1.807, 2.05) is 30.3 Å². The van der Waals surface area contributed by atoms with Gasteiger partial charge in [-0.05, 0) is 36.4 Å². The number of anilines is 1. The summed E-state index contributed by atoms with van der Waals surface area (Å²) >= 11 is 2.77. The number of aromatic nitrogens is 1. The second-order valence-corrected chi connectivity index (χ2v) is 9.18. The topological polar surface area (TPSA) is 86.8 Å². The normalized spacial score (nSPS) is 12.0. The summed E-state index contributed by atoms with van der Waals surface area (Å²) in [5.41, 5.74) is 1.92. The number of amides is 1. The number of benzene rings is 3. The number of carbonyl (C=O) groups excluding carboxylic acids is 2. The van der Waals surface area contributed by atoms with Gasteiger partial charge < -0.3 is 19.5 Å². The SMILES string of the molecule is O=C(CSc1ccccc1C(=O)OCc1nc2ccccc2s1)Nc1ccc2c(c1)OCO2. The third-order valence-corrected chi connectivity index (χ3v) is 6.87. The highest BCUT2D eigenvalue weighted by atomic mass is 32.2. The van der Waals surface area contributed by atoms with Crippen LogP contribution in [0.15, 0.2) is 71.6 Å². The van der Waals surface area contributed by atoms with E-state index in [1.54, 1.807) is 36.4 Å². The highest BCUT2D eigenvalue weighted by molar-refractivity contribution is 8.00. The molecule has 166 valence electrons. The van der Waals surface area contributed by atoms with Crippen molar-refractivity contribution in [1.82, 2.24) is 4.98 Å². The fourth-order valence-electron chi connectivity index (χ4n) is 3.26. The van der Waals surface area contributed by atoms with Crippen LogP contribution in [0.25, 0.3) is 10.2 Å². The van der Waals surface area contributed by atoms with Crippen LogP contribution in [0.4, 0.5) is 5.69 Å². The molecule has 0 aliphatic carbocycles. The second-order valence-electron chi connectivity index (χ2n) is 7.05. The highest BCUT2D eigenvalue weighted by Gasteiger charge is 2.17. The Bertz CT molecular complexity index is 1300. The largest absolute Gasteiger partial charge is 0.455 e. The number of para-hydroxylation sites is 1. The predicted octanol–water partition coefficient (Wildman–Crippen LogP) is 5.11.